The minimum absolute atomic E-state index is 0.0187. The van der Waals surface area contributed by atoms with Crippen LogP contribution in [-0.4, -0.2) is 42.3 Å². The summed E-state index contributed by atoms with van der Waals surface area (Å²) in [5, 5.41) is 2.50. The van der Waals surface area contributed by atoms with Gasteiger partial charge in [-0.05, 0) is 12.1 Å². The van der Waals surface area contributed by atoms with Crippen molar-refractivity contribution in [3.8, 4) is 0 Å². The monoisotopic (exact) mass is 195 g/mol. The second kappa shape index (κ2) is 4.45. The number of nitrogens with one attached hydrogen (secondary N) is 2. The van der Waals surface area contributed by atoms with Crippen molar-refractivity contribution in [2.75, 3.05) is 20.6 Å². The van der Waals surface area contributed by atoms with E-state index in [-0.39, 0.29) is 18.4 Å². The van der Waals surface area contributed by atoms with Gasteiger partial charge in [-0.15, -0.1) is 0 Å². The predicted molar refractivity (Wildman–Crippen MR) is 51.8 cm³/mol. The van der Waals surface area contributed by atoms with Gasteiger partial charge in [0.15, 0.2) is 0 Å². The van der Waals surface area contributed by atoms with Crippen LogP contribution in [0.2, 0.25) is 0 Å². The molecule has 14 heavy (non-hydrogen) atoms. The van der Waals surface area contributed by atoms with Gasteiger partial charge < -0.3 is 15.2 Å². The fourth-order valence-electron chi connectivity index (χ4n) is 0.881. The highest BCUT2D eigenvalue weighted by atomic mass is 16.2. The lowest BCUT2D eigenvalue weighted by molar-refractivity contribution is -0.127. The molecule has 5 heteroatoms. The number of aromatic amines is 1. The Labute approximate surface area is 82.1 Å². The van der Waals surface area contributed by atoms with E-state index >= 15 is 0 Å². The molecule has 0 aromatic carbocycles. The number of H-pyrrole nitrogens is 1. The van der Waals surface area contributed by atoms with Crippen LogP contribution < -0.4 is 5.32 Å². The summed E-state index contributed by atoms with van der Waals surface area (Å²) in [5.41, 5.74) is 0.455. The highest BCUT2D eigenvalue weighted by molar-refractivity contribution is 5.94. The van der Waals surface area contributed by atoms with E-state index in [1.165, 1.54) is 4.90 Å². The fourth-order valence-corrected chi connectivity index (χ4v) is 0.881. The molecule has 5 nitrogen and oxygen atoms in total. The van der Waals surface area contributed by atoms with Gasteiger partial charge >= 0.3 is 0 Å². The van der Waals surface area contributed by atoms with Crippen molar-refractivity contribution in [2.24, 2.45) is 0 Å². The lowest BCUT2D eigenvalue weighted by Crippen LogP contribution is -2.36. The van der Waals surface area contributed by atoms with Crippen molar-refractivity contribution >= 4 is 11.8 Å². The molecule has 0 aliphatic rings. The number of amides is 2. The number of likely N-dealkylation sites (N-methyl/N-ethyl adjacent to an activating group) is 1. The van der Waals surface area contributed by atoms with E-state index in [0.29, 0.717) is 5.69 Å². The number of rotatable bonds is 3. The zero-order chi connectivity index (χ0) is 10.6. The second-order valence-electron chi connectivity index (χ2n) is 3.05. The average molecular weight is 195 g/mol. The van der Waals surface area contributed by atoms with Gasteiger partial charge in [0.25, 0.3) is 5.91 Å². The number of carbonyl (C=O) groups excluding carboxylic acids is 2. The predicted octanol–water partition coefficient (Wildman–Crippen LogP) is -0.167. The molecule has 76 valence electrons. The van der Waals surface area contributed by atoms with Crippen molar-refractivity contribution in [1.82, 2.24) is 15.2 Å². The number of hydrogen-bond donors (Lipinski definition) is 2. The van der Waals surface area contributed by atoms with Crippen LogP contribution >= 0.6 is 0 Å². The Bertz CT molecular complexity index is 317. The van der Waals surface area contributed by atoms with E-state index in [2.05, 4.69) is 10.3 Å². The van der Waals surface area contributed by atoms with Crippen molar-refractivity contribution < 1.29 is 9.59 Å². The Hall–Kier alpha value is -1.78. The Balaban J connectivity index is 2.40. The standard InChI is InChI=1S/C9H13N3O2/c1-12(2)8(13)6-11-9(14)7-4-3-5-10-7/h3-5,10H,6H2,1-2H3,(H,11,14). The highest BCUT2D eigenvalue weighted by Gasteiger charge is 2.08. The average Bonchev–Trinajstić information content (AvgIpc) is 2.66. The Morgan fingerprint density at radius 3 is 2.71 bits per heavy atom. The number of hydrogen-bond acceptors (Lipinski definition) is 2. The molecule has 0 unspecified atom stereocenters. The molecule has 1 heterocycles. The van der Waals surface area contributed by atoms with Crippen molar-refractivity contribution in [3.05, 3.63) is 24.0 Å². The summed E-state index contributed by atoms with van der Waals surface area (Å²) in [6.45, 7) is 0.0187. The minimum Gasteiger partial charge on any atom is -0.357 e. The Morgan fingerprint density at radius 2 is 2.21 bits per heavy atom. The molecule has 0 fully saturated rings. The van der Waals surface area contributed by atoms with E-state index in [1.807, 2.05) is 0 Å². The van der Waals surface area contributed by atoms with E-state index < -0.39 is 0 Å². The molecular weight excluding hydrogens is 182 g/mol. The van der Waals surface area contributed by atoms with Crippen LogP contribution in [0.3, 0.4) is 0 Å². The quantitative estimate of drug-likeness (QED) is 0.703. The largest absolute Gasteiger partial charge is 0.357 e. The Morgan fingerprint density at radius 1 is 1.50 bits per heavy atom. The van der Waals surface area contributed by atoms with Crippen molar-refractivity contribution in [1.29, 1.82) is 0 Å². The van der Waals surface area contributed by atoms with Crippen LogP contribution in [0.5, 0.6) is 0 Å². The van der Waals surface area contributed by atoms with Gasteiger partial charge in [-0.1, -0.05) is 0 Å². The maximum Gasteiger partial charge on any atom is 0.268 e. The van der Waals surface area contributed by atoms with Crippen LogP contribution in [0.1, 0.15) is 10.5 Å². The molecule has 0 spiro atoms. The molecule has 0 bridgehead atoms. The summed E-state index contributed by atoms with van der Waals surface area (Å²) >= 11 is 0. The van der Waals surface area contributed by atoms with Gasteiger partial charge in [-0.2, -0.15) is 0 Å². The molecule has 0 saturated carbocycles. The number of nitrogens with zero attached hydrogens (tertiary/aromatic N) is 1. The first kappa shape index (κ1) is 10.3. The fraction of sp³-hybridized carbons (Fsp3) is 0.333. The summed E-state index contributed by atoms with van der Waals surface area (Å²) in [5.74, 6) is -0.407. The topological polar surface area (TPSA) is 65.2 Å². The van der Waals surface area contributed by atoms with E-state index in [9.17, 15) is 9.59 Å². The van der Waals surface area contributed by atoms with Crippen LogP contribution in [0, 0.1) is 0 Å². The zero-order valence-electron chi connectivity index (χ0n) is 8.20. The first-order chi connectivity index (χ1) is 6.61. The number of carbonyl (C=O) groups is 2. The third-order valence-electron chi connectivity index (χ3n) is 1.74. The molecule has 0 aliphatic heterocycles. The Kier molecular flexibility index (Phi) is 3.28. The highest BCUT2D eigenvalue weighted by Crippen LogP contribution is 1.93. The van der Waals surface area contributed by atoms with Gasteiger partial charge in [-0.3, -0.25) is 9.59 Å². The zero-order valence-corrected chi connectivity index (χ0v) is 8.20. The van der Waals surface area contributed by atoms with E-state index in [4.69, 9.17) is 0 Å². The smallest absolute Gasteiger partial charge is 0.268 e. The van der Waals surface area contributed by atoms with Crippen LogP contribution in [0.4, 0.5) is 0 Å². The van der Waals surface area contributed by atoms with Crippen molar-refractivity contribution in [3.63, 3.8) is 0 Å². The molecule has 0 aliphatic carbocycles. The molecule has 1 aromatic rings. The van der Waals surface area contributed by atoms with Gasteiger partial charge in [-0.25, -0.2) is 0 Å². The summed E-state index contributed by atoms with van der Waals surface area (Å²) in [7, 11) is 3.28. The molecule has 2 N–H and O–H groups in total. The van der Waals surface area contributed by atoms with Gasteiger partial charge in [0.1, 0.15) is 5.69 Å². The molecule has 0 atom stereocenters. The third kappa shape index (κ3) is 2.62. The first-order valence-corrected chi connectivity index (χ1v) is 4.23. The van der Waals surface area contributed by atoms with Gasteiger partial charge in [0, 0.05) is 20.3 Å². The molecular formula is C9H13N3O2. The SMILES string of the molecule is CN(C)C(=O)CNC(=O)c1ccc[nH]1. The summed E-state index contributed by atoms with van der Waals surface area (Å²) < 4.78 is 0. The normalized spacial score (nSPS) is 9.57. The summed E-state index contributed by atoms with van der Waals surface area (Å²) in [6, 6.07) is 3.37. The minimum atomic E-state index is -0.273. The molecule has 1 rings (SSSR count). The maximum atomic E-state index is 11.3. The third-order valence-corrected chi connectivity index (χ3v) is 1.74. The molecule has 0 saturated heterocycles. The van der Waals surface area contributed by atoms with E-state index in [0.717, 1.165) is 0 Å². The molecule has 1 aromatic heterocycles. The lowest BCUT2D eigenvalue weighted by atomic mass is 10.4. The number of aromatic nitrogens is 1. The van der Waals surface area contributed by atoms with Crippen LogP contribution in [0.25, 0.3) is 0 Å². The summed E-state index contributed by atoms with van der Waals surface area (Å²) in [4.78, 5) is 26.6. The van der Waals surface area contributed by atoms with Crippen LogP contribution in [-0.2, 0) is 4.79 Å². The molecule has 2 amide bonds. The van der Waals surface area contributed by atoms with Gasteiger partial charge in [0.2, 0.25) is 5.91 Å². The van der Waals surface area contributed by atoms with E-state index in [1.54, 1.807) is 32.4 Å². The van der Waals surface area contributed by atoms with Gasteiger partial charge in [0.05, 0.1) is 6.54 Å². The second-order valence-corrected chi connectivity index (χ2v) is 3.05. The van der Waals surface area contributed by atoms with Crippen molar-refractivity contribution in [2.45, 2.75) is 0 Å². The molecule has 0 radical (unpaired) electrons. The lowest BCUT2D eigenvalue weighted by Gasteiger charge is -2.10. The maximum absolute atomic E-state index is 11.3. The van der Waals surface area contributed by atoms with Crippen LogP contribution in [0.15, 0.2) is 18.3 Å². The first-order valence-electron chi connectivity index (χ1n) is 4.23. The summed E-state index contributed by atoms with van der Waals surface area (Å²) in [6.07, 6.45) is 1.66.